The number of anilines is 2. The van der Waals surface area contributed by atoms with Crippen LogP contribution in [0.4, 0.5) is 17.2 Å². The predicted molar refractivity (Wildman–Crippen MR) is 69.8 cm³/mol. The van der Waals surface area contributed by atoms with Crippen molar-refractivity contribution in [1.82, 2.24) is 14.8 Å². The molecular formula is C10H10BrN5O2. The maximum atomic E-state index is 10.6. The fourth-order valence-corrected chi connectivity index (χ4v) is 1.79. The van der Waals surface area contributed by atoms with Gasteiger partial charge in [-0.25, -0.2) is 4.98 Å². The number of aromatic nitrogens is 3. The van der Waals surface area contributed by atoms with Crippen LogP contribution in [0.3, 0.4) is 0 Å². The molecule has 2 heterocycles. The Morgan fingerprint density at radius 2 is 2.33 bits per heavy atom. The Bertz CT molecular complexity index is 583. The van der Waals surface area contributed by atoms with Gasteiger partial charge in [0.2, 0.25) is 0 Å². The number of nitrogens with one attached hydrogen (secondary N) is 1. The highest BCUT2D eigenvalue weighted by atomic mass is 79.9. The summed E-state index contributed by atoms with van der Waals surface area (Å²) < 4.78 is 2.29. The molecular weight excluding hydrogens is 302 g/mol. The molecule has 0 amide bonds. The van der Waals surface area contributed by atoms with Crippen LogP contribution in [0.25, 0.3) is 0 Å². The van der Waals surface area contributed by atoms with E-state index in [0.29, 0.717) is 10.3 Å². The molecule has 0 spiro atoms. The average molecular weight is 312 g/mol. The predicted octanol–water partition coefficient (Wildman–Crippen LogP) is 2.71. The van der Waals surface area contributed by atoms with E-state index in [2.05, 4.69) is 31.3 Å². The molecule has 0 aliphatic carbocycles. The second kappa shape index (κ2) is 5.13. The van der Waals surface area contributed by atoms with Crippen molar-refractivity contribution in [2.24, 2.45) is 0 Å². The summed E-state index contributed by atoms with van der Waals surface area (Å²) in [5.41, 5.74) is 0.718. The average Bonchev–Trinajstić information content (AvgIpc) is 2.79. The molecule has 2 aromatic heterocycles. The molecule has 1 N–H and O–H groups in total. The van der Waals surface area contributed by atoms with Crippen LogP contribution in [0.15, 0.2) is 29.1 Å². The maximum Gasteiger partial charge on any atom is 0.288 e. The number of pyridine rings is 1. The van der Waals surface area contributed by atoms with Crippen molar-refractivity contribution < 1.29 is 4.92 Å². The molecule has 8 heteroatoms. The van der Waals surface area contributed by atoms with Crippen molar-refractivity contribution in [1.29, 1.82) is 0 Å². The van der Waals surface area contributed by atoms with Gasteiger partial charge in [0.25, 0.3) is 5.69 Å². The zero-order chi connectivity index (χ0) is 13.1. The van der Waals surface area contributed by atoms with Gasteiger partial charge in [0.1, 0.15) is 12.0 Å². The highest BCUT2D eigenvalue weighted by molar-refractivity contribution is 9.10. The van der Waals surface area contributed by atoms with Crippen molar-refractivity contribution in [3.8, 4) is 0 Å². The zero-order valence-corrected chi connectivity index (χ0v) is 11.1. The molecule has 2 aromatic rings. The van der Waals surface area contributed by atoms with Crippen molar-refractivity contribution in [3.63, 3.8) is 0 Å². The Kier molecular flexibility index (Phi) is 3.56. The lowest BCUT2D eigenvalue weighted by Crippen LogP contribution is -1.96. The highest BCUT2D eigenvalue weighted by Gasteiger charge is 2.11. The van der Waals surface area contributed by atoms with Gasteiger partial charge in [-0.15, -0.1) is 0 Å². The molecule has 7 nitrogen and oxygen atoms in total. The van der Waals surface area contributed by atoms with Gasteiger partial charge >= 0.3 is 0 Å². The van der Waals surface area contributed by atoms with Gasteiger partial charge in [-0.05, 0) is 22.9 Å². The minimum absolute atomic E-state index is 0.0586. The van der Waals surface area contributed by atoms with Crippen LogP contribution in [0.1, 0.15) is 6.92 Å². The number of halogens is 1. The Balaban J connectivity index is 2.21. The SMILES string of the molecule is CCn1cc(Nc2ncc([N+](=O)[O-])cc2Br)cn1. The molecule has 0 aliphatic heterocycles. The minimum Gasteiger partial charge on any atom is -0.337 e. The maximum absolute atomic E-state index is 10.6. The first-order valence-corrected chi connectivity index (χ1v) is 5.99. The summed E-state index contributed by atoms with van der Waals surface area (Å²) in [7, 11) is 0. The first-order valence-electron chi connectivity index (χ1n) is 5.19. The molecule has 0 aliphatic rings. The third kappa shape index (κ3) is 2.65. The highest BCUT2D eigenvalue weighted by Crippen LogP contribution is 2.26. The Hall–Kier alpha value is -1.96. The second-order valence-electron chi connectivity index (χ2n) is 3.49. The molecule has 0 bridgehead atoms. The normalized spacial score (nSPS) is 10.3. The standard InChI is InChI=1S/C10H10BrN5O2/c1-2-15-6-7(4-13-15)14-10-9(11)3-8(5-12-10)16(17)18/h3-6H,2H2,1H3,(H,12,14). The van der Waals surface area contributed by atoms with E-state index in [1.165, 1.54) is 12.3 Å². The molecule has 0 saturated heterocycles. The number of hydrogen-bond acceptors (Lipinski definition) is 5. The molecule has 0 unspecified atom stereocenters. The first-order chi connectivity index (χ1) is 8.60. The third-order valence-electron chi connectivity index (χ3n) is 2.26. The van der Waals surface area contributed by atoms with Crippen LogP contribution in [-0.4, -0.2) is 19.7 Å². The summed E-state index contributed by atoms with van der Waals surface area (Å²) in [6.45, 7) is 2.76. The van der Waals surface area contributed by atoms with E-state index in [4.69, 9.17) is 0 Å². The molecule has 2 rings (SSSR count). The third-order valence-corrected chi connectivity index (χ3v) is 2.86. The van der Waals surface area contributed by atoms with Crippen molar-refractivity contribution in [2.45, 2.75) is 13.5 Å². The molecule has 0 radical (unpaired) electrons. The van der Waals surface area contributed by atoms with E-state index in [9.17, 15) is 10.1 Å². The number of nitro groups is 1. The Labute approximate surface area is 111 Å². The number of rotatable bonds is 4. The summed E-state index contributed by atoms with van der Waals surface area (Å²) in [5.74, 6) is 0.510. The van der Waals surface area contributed by atoms with Gasteiger partial charge in [0, 0.05) is 18.8 Å². The van der Waals surface area contributed by atoms with E-state index >= 15 is 0 Å². The van der Waals surface area contributed by atoms with Crippen LogP contribution in [0.5, 0.6) is 0 Å². The number of hydrogen-bond donors (Lipinski definition) is 1. The van der Waals surface area contributed by atoms with Gasteiger partial charge in [-0.2, -0.15) is 5.10 Å². The van der Waals surface area contributed by atoms with E-state index in [-0.39, 0.29) is 5.69 Å². The molecule has 0 fully saturated rings. The molecule has 18 heavy (non-hydrogen) atoms. The summed E-state index contributed by atoms with van der Waals surface area (Å²) in [5, 5.41) is 17.7. The molecule has 0 saturated carbocycles. The van der Waals surface area contributed by atoms with E-state index in [0.717, 1.165) is 12.2 Å². The molecule has 0 atom stereocenters. The van der Waals surface area contributed by atoms with Crippen LogP contribution in [0.2, 0.25) is 0 Å². The van der Waals surface area contributed by atoms with Gasteiger partial charge in [-0.3, -0.25) is 14.8 Å². The minimum atomic E-state index is -0.489. The van der Waals surface area contributed by atoms with Gasteiger partial charge in [-0.1, -0.05) is 0 Å². The van der Waals surface area contributed by atoms with Gasteiger partial charge in [0.15, 0.2) is 0 Å². The zero-order valence-electron chi connectivity index (χ0n) is 9.50. The second-order valence-corrected chi connectivity index (χ2v) is 4.35. The van der Waals surface area contributed by atoms with E-state index < -0.39 is 4.92 Å². The summed E-state index contributed by atoms with van der Waals surface area (Å²) in [4.78, 5) is 14.1. The van der Waals surface area contributed by atoms with Crippen molar-refractivity contribution in [2.75, 3.05) is 5.32 Å². The smallest absolute Gasteiger partial charge is 0.288 e. The summed E-state index contributed by atoms with van der Waals surface area (Å²) in [6.07, 6.45) is 4.70. The van der Waals surface area contributed by atoms with E-state index in [1.807, 2.05) is 13.1 Å². The van der Waals surface area contributed by atoms with Gasteiger partial charge < -0.3 is 5.32 Å². The van der Waals surface area contributed by atoms with Crippen LogP contribution in [0, 0.1) is 10.1 Å². The van der Waals surface area contributed by atoms with Crippen LogP contribution < -0.4 is 5.32 Å². The first kappa shape index (κ1) is 12.5. The Morgan fingerprint density at radius 1 is 1.56 bits per heavy atom. The van der Waals surface area contributed by atoms with Crippen LogP contribution >= 0.6 is 15.9 Å². The van der Waals surface area contributed by atoms with E-state index in [1.54, 1.807) is 10.9 Å². The molecule has 0 aromatic carbocycles. The summed E-state index contributed by atoms with van der Waals surface area (Å²) >= 11 is 3.24. The topological polar surface area (TPSA) is 85.9 Å². The summed E-state index contributed by atoms with van der Waals surface area (Å²) in [6, 6.07) is 1.40. The fraction of sp³-hybridized carbons (Fsp3) is 0.200. The number of aryl methyl sites for hydroxylation is 1. The monoisotopic (exact) mass is 311 g/mol. The largest absolute Gasteiger partial charge is 0.337 e. The quantitative estimate of drug-likeness (QED) is 0.693. The lowest BCUT2D eigenvalue weighted by atomic mass is 10.4. The van der Waals surface area contributed by atoms with Crippen molar-refractivity contribution in [3.05, 3.63) is 39.2 Å². The number of nitrogens with zero attached hydrogens (tertiary/aromatic N) is 4. The molecule has 94 valence electrons. The lowest BCUT2D eigenvalue weighted by Gasteiger charge is -2.04. The Morgan fingerprint density at radius 3 is 2.89 bits per heavy atom. The van der Waals surface area contributed by atoms with Gasteiger partial charge in [0.05, 0.1) is 21.3 Å². The van der Waals surface area contributed by atoms with Crippen LogP contribution in [-0.2, 0) is 6.54 Å². The fourth-order valence-electron chi connectivity index (χ4n) is 1.36. The van der Waals surface area contributed by atoms with Crippen molar-refractivity contribution >= 4 is 33.1 Å². The lowest BCUT2D eigenvalue weighted by molar-refractivity contribution is -0.385.